The van der Waals surface area contributed by atoms with Crippen LogP contribution < -0.4 is 11.1 Å². The third-order valence-electron chi connectivity index (χ3n) is 3.62. The van der Waals surface area contributed by atoms with Gasteiger partial charge in [0.2, 0.25) is 0 Å². The third kappa shape index (κ3) is 3.06. The van der Waals surface area contributed by atoms with Gasteiger partial charge < -0.3 is 11.1 Å². The monoisotopic (exact) mass is 233 g/mol. The lowest BCUT2D eigenvalue weighted by Gasteiger charge is -2.35. The van der Waals surface area contributed by atoms with Crippen molar-refractivity contribution in [1.82, 2.24) is 10.2 Å². The summed E-state index contributed by atoms with van der Waals surface area (Å²) in [5.41, 5.74) is 9.99. The maximum absolute atomic E-state index is 5.83. The van der Waals surface area contributed by atoms with Crippen LogP contribution in [0.5, 0.6) is 0 Å². The zero-order valence-electron chi connectivity index (χ0n) is 10.9. The molecular formula is C14H23N3. The van der Waals surface area contributed by atoms with E-state index in [2.05, 4.69) is 42.3 Å². The molecule has 0 radical (unpaired) electrons. The molecule has 0 saturated carbocycles. The zero-order chi connectivity index (χ0) is 12.3. The second-order valence-corrected chi connectivity index (χ2v) is 4.99. The predicted molar refractivity (Wildman–Crippen MR) is 72.0 cm³/mol. The molecule has 3 heteroatoms. The lowest BCUT2D eigenvalue weighted by molar-refractivity contribution is 0.157. The van der Waals surface area contributed by atoms with E-state index in [1.54, 1.807) is 0 Å². The largest absolute Gasteiger partial charge is 0.329 e. The van der Waals surface area contributed by atoms with Crippen molar-refractivity contribution in [2.24, 2.45) is 5.73 Å². The Morgan fingerprint density at radius 2 is 2.24 bits per heavy atom. The minimum atomic E-state index is 0.476. The van der Waals surface area contributed by atoms with Crippen LogP contribution in [0.3, 0.4) is 0 Å². The zero-order valence-corrected chi connectivity index (χ0v) is 10.9. The highest BCUT2D eigenvalue weighted by Crippen LogP contribution is 2.15. The second-order valence-electron chi connectivity index (χ2n) is 4.99. The highest BCUT2D eigenvalue weighted by Gasteiger charge is 2.21. The standard InChI is InChI=1S/C14H23N3/c1-11-3-4-12(2)13(7-11)10-17-6-5-16-9-14(17)8-15/h3-4,7,14,16H,5-6,8-10,15H2,1-2H3. The van der Waals surface area contributed by atoms with Crippen molar-refractivity contribution in [2.45, 2.75) is 26.4 Å². The Balaban J connectivity index is 2.10. The second kappa shape index (κ2) is 5.63. The first-order valence-electron chi connectivity index (χ1n) is 6.41. The summed E-state index contributed by atoms with van der Waals surface area (Å²) in [6.07, 6.45) is 0. The lowest BCUT2D eigenvalue weighted by Crippen LogP contribution is -2.53. The average molecular weight is 233 g/mol. The summed E-state index contributed by atoms with van der Waals surface area (Å²) in [5.74, 6) is 0. The molecule has 3 nitrogen and oxygen atoms in total. The van der Waals surface area contributed by atoms with E-state index in [-0.39, 0.29) is 0 Å². The molecule has 1 atom stereocenters. The van der Waals surface area contributed by atoms with Crippen LogP contribution in [0.25, 0.3) is 0 Å². The smallest absolute Gasteiger partial charge is 0.0347 e. The maximum atomic E-state index is 5.83. The summed E-state index contributed by atoms with van der Waals surface area (Å²) >= 11 is 0. The number of hydrogen-bond acceptors (Lipinski definition) is 3. The van der Waals surface area contributed by atoms with Crippen molar-refractivity contribution in [3.63, 3.8) is 0 Å². The summed E-state index contributed by atoms with van der Waals surface area (Å²) in [6, 6.07) is 7.16. The fraction of sp³-hybridized carbons (Fsp3) is 0.571. The summed E-state index contributed by atoms with van der Waals surface area (Å²) in [5, 5.41) is 3.41. The summed E-state index contributed by atoms with van der Waals surface area (Å²) in [6.45, 7) is 9.28. The van der Waals surface area contributed by atoms with Gasteiger partial charge in [-0.05, 0) is 25.0 Å². The quantitative estimate of drug-likeness (QED) is 0.819. The van der Waals surface area contributed by atoms with Gasteiger partial charge in [-0.15, -0.1) is 0 Å². The molecule has 0 aromatic heterocycles. The average Bonchev–Trinajstić information content (AvgIpc) is 2.34. The number of rotatable bonds is 3. The molecule has 2 rings (SSSR count). The van der Waals surface area contributed by atoms with Crippen molar-refractivity contribution in [3.05, 3.63) is 34.9 Å². The van der Waals surface area contributed by atoms with Crippen LogP contribution in [0.2, 0.25) is 0 Å². The molecular weight excluding hydrogens is 210 g/mol. The van der Waals surface area contributed by atoms with E-state index >= 15 is 0 Å². The van der Waals surface area contributed by atoms with Gasteiger partial charge in [-0.25, -0.2) is 0 Å². The normalized spacial score (nSPS) is 21.7. The van der Waals surface area contributed by atoms with Gasteiger partial charge in [-0.3, -0.25) is 4.90 Å². The highest BCUT2D eigenvalue weighted by molar-refractivity contribution is 5.30. The molecule has 0 bridgehead atoms. The van der Waals surface area contributed by atoms with E-state index in [9.17, 15) is 0 Å². The molecule has 1 aliphatic heterocycles. The van der Waals surface area contributed by atoms with E-state index in [0.717, 1.165) is 32.7 Å². The Hall–Kier alpha value is -0.900. The van der Waals surface area contributed by atoms with Crippen LogP contribution in [0.15, 0.2) is 18.2 Å². The predicted octanol–water partition coefficient (Wildman–Crippen LogP) is 1.04. The van der Waals surface area contributed by atoms with Crippen molar-refractivity contribution in [3.8, 4) is 0 Å². The molecule has 1 aliphatic rings. The molecule has 0 spiro atoms. The van der Waals surface area contributed by atoms with Gasteiger partial charge in [-0.2, -0.15) is 0 Å². The summed E-state index contributed by atoms with van der Waals surface area (Å²) in [7, 11) is 0. The Kier molecular flexibility index (Phi) is 4.15. The number of nitrogens with two attached hydrogens (primary N) is 1. The van der Waals surface area contributed by atoms with Crippen LogP contribution in [0.1, 0.15) is 16.7 Å². The van der Waals surface area contributed by atoms with Crippen LogP contribution in [-0.4, -0.2) is 37.1 Å². The van der Waals surface area contributed by atoms with E-state index < -0.39 is 0 Å². The topological polar surface area (TPSA) is 41.3 Å². The molecule has 0 amide bonds. The summed E-state index contributed by atoms with van der Waals surface area (Å²) < 4.78 is 0. The van der Waals surface area contributed by atoms with Crippen molar-refractivity contribution < 1.29 is 0 Å². The Morgan fingerprint density at radius 1 is 1.41 bits per heavy atom. The Morgan fingerprint density at radius 3 is 3.00 bits per heavy atom. The lowest BCUT2D eigenvalue weighted by atomic mass is 10.0. The van der Waals surface area contributed by atoms with E-state index in [4.69, 9.17) is 5.73 Å². The summed E-state index contributed by atoms with van der Waals surface area (Å²) in [4.78, 5) is 2.50. The van der Waals surface area contributed by atoms with Crippen LogP contribution >= 0.6 is 0 Å². The molecule has 1 aromatic rings. The third-order valence-corrected chi connectivity index (χ3v) is 3.62. The van der Waals surface area contributed by atoms with Crippen molar-refractivity contribution >= 4 is 0 Å². The van der Waals surface area contributed by atoms with E-state index in [0.29, 0.717) is 6.04 Å². The van der Waals surface area contributed by atoms with E-state index in [1.807, 2.05) is 0 Å². The first-order valence-corrected chi connectivity index (χ1v) is 6.41. The maximum Gasteiger partial charge on any atom is 0.0347 e. The molecule has 1 aromatic carbocycles. The van der Waals surface area contributed by atoms with Gasteiger partial charge in [0, 0.05) is 38.8 Å². The molecule has 1 unspecified atom stereocenters. The highest BCUT2D eigenvalue weighted by atomic mass is 15.2. The van der Waals surface area contributed by atoms with Gasteiger partial charge >= 0.3 is 0 Å². The van der Waals surface area contributed by atoms with Crippen LogP contribution in [-0.2, 0) is 6.54 Å². The fourth-order valence-electron chi connectivity index (χ4n) is 2.43. The minimum Gasteiger partial charge on any atom is -0.329 e. The van der Waals surface area contributed by atoms with Gasteiger partial charge in [0.1, 0.15) is 0 Å². The van der Waals surface area contributed by atoms with Gasteiger partial charge in [0.15, 0.2) is 0 Å². The molecule has 17 heavy (non-hydrogen) atoms. The SMILES string of the molecule is Cc1ccc(C)c(CN2CCNCC2CN)c1. The molecule has 1 heterocycles. The van der Waals surface area contributed by atoms with Gasteiger partial charge in [0.05, 0.1) is 0 Å². The number of nitrogens with zero attached hydrogens (tertiary/aromatic N) is 1. The number of hydrogen-bond donors (Lipinski definition) is 2. The molecule has 94 valence electrons. The van der Waals surface area contributed by atoms with Crippen LogP contribution in [0, 0.1) is 13.8 Å². The first kappa shape index (κ1) is 12.6. The van der Waals surface area contributed by atoms with Crippen molar-refractivity contribution in [1.29, 1.82) is 0 Å². The minimum absolute atomic E-state index is 0.476. The number of piperazine rings is 1. The Labute approximate surface area is 104 Å². The Bertz CT molecular complexity index is 376. The first-order chi connectivity index (χ1) is 8.20. The molecule has 0 aliphatic carbocycles. The number of benzene rings is 1. The number of aryl methyl sites for hydroxylation is 2. The number of nitrogens with one attached hydrogen (secondary N) is 1. The molecule has 1 fully saturated rings. The van der Waals surface area contributed by atoms with Gasteiger partial charge in [-0.1, -0.05) is 23.8 Å². The van der Waals surface area contributed by atoms with Gasteiger partial charge in [0.25, 0.3) is 0 Å². The molecule has 1 saturated heterocycles. The fourth-order valence-corrected chi connectivity index (χ4v) is 2.43. The van der Waals surface area contributed by atoms with Crippen molar-refractivity contribution in [2.75, 3.05) is 26.2 Å². The molecule has 3 N–H and O–H groups in total. The van der Waals surface area contributed by atoms with E-state index in [1.165, 1.54) is 16.7 Å². The van der Waals surface area contributed by atoms with Crippen LogP contribution in [0.4, 0.5) is 0 Å².